The van der Waals surface area contributed by atoms with Gasteiger partial charge in [0, 0.05) is 11.1 Å². The lowest BCUT2D eigenvalue weighted by molar-refractivity contribution is -0.147. The molecule has 0 aliphatic heterocycles. The first-order valence-corrected chi connectivity index (χ1v) is 11.2. The zero-order chi connectivity index (χ0) is 23.6. The van der Waals surface area contributed by atoms with E-state index in [2.05, 4.69) is 10.3 Å². The van der Waals surface area contributed by atoms with E-state index < -0.39 is 5.97 Å². The molecule has 0 aliphatic carbocycles. The number of carbonyl (C=O) groups is 2. The van der Waals surface area contributed by atoms with Crippen LogP contribution in [0.1, 0.15) is 28.8 Å². The number of hydrogen-bond acceptors (Lipinski definition) is 7. The third-order valence-corrected chi connectivity index (χ3v) is 5.50. The summed E-state index contributed by atoms with van der Waals surface area (Å²) in [6.45, 7) is 3.62. The quantitative estimate of drug-likeness (QED) is 0.432. The summed E-state index contributed by atoms with van der Waals surface area (Å²) >= 11 is 1.35. The maximum Gasteiger partial charge on any atom is 0.344 e. The summed E-state index contributed by atoms with van der Waals surface area (Å²) in [4.78, 5) is 28.7. The predicted molar refractivity (Wildman–Crippen MR) is 129 cm³/mol. The molecule has 8 heteroatoms. The Morgan fingerprint density at radius 1 is 1.15 bits per heavy atom. The summed E-state index contributed by atoms with van der Waals surface area (Å²) in [6.07, 6.45) is 4.02. The van der Waals surface area contributed by atoms with Crippen LogP contribution in [0.2, 0.25) is 0 Å². The number of benzene rings is 2. The molecule has 1 amide bonds. The zero-order valence-corrected chi connectivity index (χ0v) is 19.6. The number of aryl methyl sites for hydroxylation is 1. The molecule has 0 radical (unpaired) electrons. The maximum atomic E-state index is 12.3. The molecule has 0 saturated heterocycles. The molecule has 3 rings (SSSR count). The Morgan fingerprint density at radius 2 is 1.97 bits per heavy atom. The molecule has 0 saturated carbocycles. The van der Waals surface area contributed by atoms with Gasteiger partial charge in [0.1, 0.15) is 11.6 Å². The number of thiazole rings is 1. The van der Waals surface area contributed by atoms with Gasteiger partial charge in [-0.1, -0.05) is 36.4 Å². The summed E-state index contributed by atoms with van der Waals surface area (Å²) < 4.78 is 16.1. The number of amides is 1. The summed E-state index contributed by atoms with van der Waals surface area (Å²) in [5.74, 6) is 0.316. The minimum atomic E-state index is -0.526. The molecule has 1 N–H and O–H groups in total. The van der Waals surface area contributed by atoms with Crippen molar-refractivity contribution in [3.63, 3.8) is 0 Å². The predicted octanol–water partition coefficient (Wildman–Crippen LogP) is 4.80. The highest BCUT2D eigenvalue weighted by Crippen LogP contribution is 2.28. The number of esters is 1. The molecule has 0 atom stereocenters. The largest absolute Gasteiger partial charge is 0.493 e. The van der Waals surface area contributed by atoms with Crippen LogP contribution in [-0.2, 0) is 27.4 Å². The topological polar surface area (TPSA) is 86.8 Å². The first-order valence-electron chi connectivity index (χ1n) is 10.4. The van der Waals surface area contributed by atoms with Gasteiger partial charge in [-0.3, -0.25) is 4.79 Å². The lowest BCUT2D eigenvalue weighted by Gasteiger charge is -2.11. The highest BCUT2D eigenvalue weighted by molar-refractivity contribution is 7.09. The first kappa shape index (κ1) is 24.0. The minimum Gasteiger partial charge on any atom is -0.493 e. The number of aromatic nitrogens is 1. The van der Waals surface area contributed by atoms with E-state index in [1.54, 1.807) is 18.6 Å². The number of carbonyl (C=O) groups excluding carboxylic acids is 2. The highest BCUT2D eigenvalue weighted by Gasteiger charge is 2.12. The van der Waals surface area contributed by atoms with Crippen LogP contribution in [0.25, 0.3) is 6.08 Å². The molecule has 2 aromatic carbocycles. The van der Waals surface area contributed by atoms with E-state index in [1.807, 2.05) is 62.4 Å². The van der Waals surface area contributed by atoms with Gasteiger partial charge < -0.3 is 19.5 Å². The molecule has 172 valence electrons. The van der Waals surface area contributed by atoms with E-state index in [4.69, 9.17) is 14.2 Å². The molecule has 33 heavy (non-hydrogen) atoms. The number of rotatable bonds is 10. The molecule has 7 nitrogen and oxygen atoms in total. The number of para-hydroxylation sites is 1. The molecule has 0 bridgehead atoms. The number of anilines is 1. The summed E-state index contributed by atoms with van der Waals surface area (Å²) in [6, 6.07) is 13.0. The van der Waals surface area contributed by atoms with E-state index in [-0.39, 0.29) is 25.5 Å². The lowest BCUT2D eigenvalue weighted by Crippen LogP contribution is -2.16. The van der Waals surface area contributed by atoms with E-state index in [0.29, 0.717) is 22.2 Å². The maximum absolute atomic E-state index is 12.3. The number of nitrogens with zero attached hydrogens (tertiary/aromatic N) is 1. The molecule has 1 heterocycles. The Labute approximate surface area is 197 Å². The van der Waals surface area contributed by atoms with Crippen LogP contribution < -0.4 is 14.8 Å². The van der Waals surface area contributed by atoms with Gasteiger partial charge in [-0.15, -0.1) is 11.3 Å². The SMILES string of the molecule is C/C=C/c1ccc(OCC(=O)OCc2csc(CC(=O)Nc3ccccc3C)n2)c(OC)c1. The normalized spacial score (nSPS) is 10.8. The Morgan fingerprint density at radius 3 is 2.73 bits per heavy atom. The second kappa shape index (κ2) is 11.8. The standard InChI is InChI=1S/C25H26N2O5S/c1-4-7-18-10-11-21(22(12-18)30-3)31-15-25(29)32-14-19-16-33-24(26-19)13-23(28)27-20-9-6-5-8-17(20)2/h4-12,16H,13-15H2,1-3H3,(H,27,28)/b7-4+. The van der Waals surface area contributed by atoms with Crippen molar-refractivity contribution in [2.45, 2.75) is 26.9 Å². The van der Waals surface area contributed by atoms with Crippen LogP contribution >= 0.6 is 11.3 Å². The van der Waals surface area contributed by atoms with E-state index >= 15 is 0 Å². The van der Waals surface area contributed by atoms with Crippen molar-refractivity contribution >= 4 is 35.0 Å². The summed E-state index contributed by atoms with van der Waals surface area (Å²) in [7, 11) is 1.54. The van der Waals surface area contributed by atoms with Crippen molar-refractivity contribution in [2.75, 3.05) is 19.0 Å². The fourth-order valence-electron chi connectivity index (χ4n) is 2.97. The number of hydrogen-bond donors (Lipinski definition) is 1. The summed E-state index contributed by atoms with van der Waals surface area (Å²) in [5.41, 5.74) is 3.32. The fraction of sp³-hybridized carbons (Fsp3) is 0.240. The van der Waals surface area contributed by atoms with Gasteiger partial charge >= 0.3 is 5.97 Å². The number of nitrogens with one attached hydrogen (secondary N) is 1. The Balaban J connectivity index is 1.46. The van der Waals surface area contributed by atoms with Crippen molar-refractivity contribution in [3.05, 3.63) is 75.7 Å². The molecule has 0 aliphatic rings. The van der Waals surface area contributed by atoms with Gasteiger partial charge in [-0.2, -0.15) is 0 Å². The van der Waals surface area contributed by atoms with Crippen molar-refractivity contribution in [1.82, 2.24) is 4.98 Å². The van der Waals surface area contributed by atoms with Crippen molar-refractivity contribution < 1.29 is 23.8 Å². The van der Waals surface area contributed by atoms with Crippen LogP contribution in [0.4, 0.5) is 5.69 Å². The zero-order valence-electron chi connectivity index (χ0n) is 18.8. The van der Waals surface area contributed by atoms with E-state index in [9.17, 15) is 9.59 Å². The van der Waals surface area contributed by atoms with Crippen molar-refractivity contribution in [1.29, 1.82) is 0 Å². The average Bonchev–Trinajstić information content (AvgIpc) is 3.25. The van der Waals surface area contributed by atoms with Crippen LogP contribution in [0, 0.1) is 6.92 Å². The number of methoxy groups -OCH3 is 1. The monoisotopic (exact) mass is 466 g/mol. The van der Waals surface area contributed by atoms with Gasteiger partial charge in [0.05, 0.1) is 19.2 Å². The first-order chi connectivity index (χ1) is 16.0. The van der Waals surface area contributed by atoms with Crippen LogP contribution in [0.3, 0.4) is 0 Å². The second-order valence-electron chi connectivity index (χ2n) is 7.13. The molecular weight excluding hydrogens is 440 g/mol. The molecule has 1 aromatic heterocycles. The minimum absolute atomic E-state index is 0.00940. The molecule has 0 fully saturated rings. The lowest BCUT2D eigenvalue weighted by atomic mass is 10.2. The molecular formula is C25H26N2O5S. The second-order valence-corrected chi connectivity index (χ2v) is 8.07. The third kappa shape index (κ3) is 7.18. The Bertz CT molecular complexity index is 1140. The van der Waals surface area contributed by atoms with Gasteiger partial charge in [0.2, 0.25) is 5.91 Å². The van der Waals surface area contributed by atoms with Crippen LogP contribution in [0.15, 0.2) is 53.9 Å². The number of allylic oxidation sites excluding steroid dienone is 1. The van der Waals surface area contributed by atoms with Crippen molar-refractivity contribution in [3.8, 4) is 11.5 Å². The van der Waals surface area contributed by atoms with E-state index in [0.717, 1.165) is 16.8 Å². The molecule has 3 aromatic rings. The Kier molecular flexibility index (Phi) is 8.60. The van der Waals surface area contributed by atoms with Gasteiger partial charge in [-0.25, -0.2) is 9.78 Å². The average molecular weight is 467 g/mol. The molecule has 0 unspecified atom stereocenters. The van der Waals surface area contributed by atoms with Crippen LogP contribution in [0.5, 0.6) is 11.5 Å². The smallest absolute Gasteiger partial charge is 0.344 e. The number of ether oxygens (including phenoxy) is 3. The third-order valence-electron chi connectivity index (χ3n) is 4.60. The Hall–Kier alpha value is -3.65. The van der Waals surface area contributed by atoms with Gasteiger partial charge in [-0.05, 0) is 43.2 Å². The van der Waals surface area contributed by atoms with Gasteiger partial charge in [0.15, 0.2) is 18.1 Å². The van der Waals surface area contributed by atoms with Crippen LogP contribution in [-0.4, -0.2) is 30.6 Å². The van der Waals surface area contributed by atoms with Crippen molar-refractivity contribution in [2.24, 2.45) is 0 Å². The molecule has 0 spiro atoms. The highest BCUT2D eigenvalue weighted by atomic mass is 32.1. The van der Waals surface area contributed by atoms with E-state index in [1.165, 1.54) is 11.3 Å². The van der Waals surface area contributed by atoms with Gasteiger partial charge in [0.25, 0.3) is 0 Å². The summed E-state index contributed by atoms with van der Waals surface area (Å²) in [5, 5.41) is 5.30. The fourth-order valence-corrected chi connectivity index (χ4v) is 3.75.